The van der Waals surface area contributed by atoms with Gasteiger partial charge in [0.1, 0.15) is 11.5 Å². The smallest absolute Gasteiger partial charge is 0.292 e. The van der Waals surface area contributed by atoms with Crippen molar-refractivity contribution in [3.63, 3.8) is 0 Å². The first kappa shape index (κ1) is 19.7. The summed E-state index contributed by atoms with van der Waals surface area (Å²) in [5.74, 6) is -0.891. The molecule has 9 heteroatoms. The van der Waals surface area contributed by atoms with Crippen LogP contribution in [0.4, 0.5) is 17.6 Å². The van der Waals surface area contributed by atoms with Crippen LogP contribution in [0.1, 0.15) is 49.3 Å². The number of hydrogen-bond donors (Lipinski definition) is 0. The summed E-state index contributed by atoms with van der Waals surface area (Å²) >= 11 is 6.16. The molecule has 1 aliphatic rings. The third kappa shape index (κ3) is 3.67. The highest BCUT2D eigenvalue weighted by Gasteiger charge is 2.35. The maximum absolute atomic E-state index is 14.5. The second-order valence-corrected chi connectivity index (χ2v) is 7.11. The van der Waals surface area contributed by atoms with Gasteiger partial charge in [-0.15, -0.1) is 0 Å². The molecule has 1 heterocycles. The highest BCUT2D eigenvalue weighted by atomic mass is 35.5. The molecular weight excluding hydrogens is 388 g/mol. The summed E-state index contributed by atoms with van der Waals surface area (Å²) in [7, 11) is 0.886. The van der Waals surface area contributed by atoms with E-state index >= 15 is 0 Å². The minimum absolute atomic E-state index is 0.0552. The molecular formula is C18H17ClF4N2O2. The highest BCUT2D eigenvalue weighted by Crippen LogP contribution is 2.37. The summed E-state index contributed by atoms with van der Waals surface area (Å²) < 4.78 is 54.1. The van der Waals surface area contributed by atoms with Crippen LogP contribution in [-0.4, -0.2) is 9.13 Å². The summed E-state index contributed by atoms with van der Waals surface area (Å²) in [6.07, 6.45) is -0.153. The second kappa shape index (κ2) is 7.14. The van der Waals surface area contributed by atoms with Gasteiger partial charge in [-0.3, -0.25) is 9.36 Å². The fourth-order valence-corrected chi connectivity index (χ4v) is 3.88. The van der Waals surface area contributed by atoms with Crippen LogP contribution in [0, 0.1) is 5.82 Å². The number of alkyl halides is 3. The van der Waals surface area contributed by atoms with Crippen LogP contribution in [0.3, 0.4) is 0 Å². The van der Waals surface area contributed by atoms with Crippen LogP contribution in [0.25, 0.3) is 5.69 Å². The van der Waals surface area contributed by atoms with Crippen molar-refractivity contribution in [2.45, 2.75) is 44.2 Å². The van der Waals surface area contributed by atoms with Gasteiger partial charge >= 0.3 is 11.9 Å². The molecule has 1 fully saturated rings. The van der Waals surface area contributed by atoms with Crippen molar-refractivity contribution < 1.29 is 17.6 Å². The average molecular weight is 405 g/mol. The van der Waals surface area contributed by atoms with Crippen LogP contribution in [-0.2, 0) is 13.2 Å². The summed E-state index contributed by atoms with van der Waals surface area (Å²) in [5, 5.41) is 0.180. The van der Waals surface area contributed by atoms with Crippen molar-refractivity contribution in [1.82, 2.24) is 9.13 Å². The molecule has 4 nitrogen and oxygen atoms in total. The van der Waals surface area contributed by atoms with E-state index in [1.807, 2.05) is 0 Å². The normalized spacial score (nSPS) is 15.9. The molecule has 1 aromatic carbocycles. The van der Waals surface area contributed by atoms with E-state index in [0.717, 1.165) is 45.2 Å². The van der Waals surface area contributed by atoms with Crippen molar-refractivity contribution in [3.05, 3.63) is 61.1 Å². The van der Waals surface area contributed by atoms with E-state index in [9.17, 15) is 27.2 Å². The third-order valence-corrected chi connectivity index (χ3v) is 5.29. The predicted octanol–water partition coefficient (Wildman–Crippen LogP) is 4.40. The van der Waals surface area contributed by atoms with Gasteiger partial charge in [-0.05, 0) is 36.5 Å². The lowest BCUT2D eigenvalue weighted by molar-refractivity contribution is -0.144. The second-order valence-electron chi connectivity index (χ2n) is 6.70. The number of hydrogen-bond acceptors (Lipinski definition) is 2. The van der Waals surface area contributed by atoms with Crippen LogP contribution < -0.4 is 11.2 Å². The number of rotatable bonds is 2. The van der Waals surface area contributed by atoms with Crippen LogP contribution in [0.15, 0.2) is 27.8 Å². The van der Waals surface area contributed by atoms with Crippen molar-refractivity contribution >= 4 is 11.6 Å². The Kier molecular flexibility index (Phi) is 5.20. The molecule has 146 valence electrons. The lowest BCUT2D eigenvalue weighted by atomic mass is 9.84. The average Bonchev–Trinajstić information content (AvgIpc) is 2.59. The van der Waals surface area contributed by atoms with E-state index in [2.05, 4.69) is 0 Å². The first-order valence-corrected chi connectivity index (χ1v) is 8.88. The first-order valence-electron chi connectivity index (χ1n) is 8.51. The van der Waals surface area contributed by atoms with Gasteiger partial charge in [-0.25, -0.2) is 13.8 Å². The Morgan fingerprint density at radius 1 is 1.07 bits per heavy atom. The lowest BCUT2D eigenvalue weighted by Gasteiger charge is -2.24. The topological polar surface area (TPSA) is 44.0 Å². The van der Waals surface area contributed by atoms with Crippen molar-refractivity contribution in [2.24, 2.45) is 7.05 Å². The van der Waals surface area contributed by atoms with E-state index in [1.54, 1.807) is 0 Å². The fraction of sp³-hybridized carbons (Fsp3) is 0.444. The summed E-state index contributed by atoms with van der Waals surface area (Å²) in [4.78, 5) is 24.6. The predicted molar refractivity (Wildman–Crippen MR) is 93.1 cm³/mol. The molecule has 1 aliphatic carbocycles. The van der Waals surface area contributed by atoms with Crippen molar-refractivity contribution in [3.8, 4) is 5.69 Å². The summed E-state index contributed by atoms with van der Waals surface area (Å²) in [5.41, 5.74) is -3.71. The van der Waals surface area contributed by atoms with Gasteiger partial charge in [-0.2, -0.15) is 13.2 Å². The minimum atomic E-state index is -4.88. The SMILES string of the molecule is Cn1c(C(F)(F)F)cc(=O)n(-c2cc(C3CCCCC3)c(Cl)cc2F)c1=O. The molecule has 0 amide bonds. The lowest BCUT2D eigenvalue weighted by Crippen LogP contribution is -2.41. The molecule has 1 saturated carbocycles. The molecule has 0 N–H and O–H groups in total. The minimum Gasteiger partial charge on any atom is -0.292 e. The molecule has 2 aromatic rings. The van der Waals surface area contributed by atoms with E-state index in [-0.39, 0.29) is 27.3 Å². The van der Waals surface area contributed by atoms with E-state index in [4.69, 9.17) is 11.6 Å². The molecule has 0 spiro atoms. The Morgan fingerprint density at radius 2 is 1.70 bits per heavy atom. The zero-order valence-electron chi connectivity index (χ0n) is 14.4. The number of aromatic nitrogens is 2. The molecule has 0 radical (unpaired) electrons. The summed E-state index contributed by atoms with van der Waals surface area (Å²) in [6.45, 7) is 0. The molecule has 1 aromatic heterocycles. The van der Waals surface area contributed by atoms with E-state index in [1.165, 1.54) is 6.07 Å². The highest BCUT2D eigenvalue weighted by molar-refractivity contribution is 6.31. The molecule has 0 aliphatic heterocycles. The van der Waals surface area contributed by atoms with Crippen LogP contribution in [0.2, 0.25) is 5.02 Å². The maximum atomic E-state index is 14.5. The van der Waals surface area contributed by atoms with Gasteiger partial charge in [0, 0.05) is 18.1 Å². The standard InChI is InChI=1S/C18H17ClF4N2O2/c1-24-15(18(21,22)23)9-16(26)25(17(24)27)14-7-11(12(19)8-13(14)20)10-5-3-2-4-6-10/h7-10H,2-6H2,1H3. The number of benzene rings is 1. The van der Waals surface area contributed by atoms with Gasteiger partial charge in [0.15, 0.2) is 0 Å². The van der Waals surface area contributed by atoms with Gasteiger partial charge < -0.3 is 0 Å². The van der Waals surface area contributed by atoms with Crippen molar-refractivity contribution in [1.29, 1.82) is 0 Å². The zero-order chi connectivity index (χ0) is 19.9. The maximum Gasteiger partial charge on any atom is 0.431 e. The Morgan fingerprint density at radius 3 is 2.30 bits per heavy atom. The molecule has 0 unspecified atom stereocenters. The number of halogens is 5. The molecule has 0 saturated heterocycles. The largest absolute Gasteiger partial charge is 0.431 e. The van der Waals surface area contributed by atoms with Gasteiger partial charge in [-0.1, -0.05) is 30.9 Å². The van der Waals surface area contributed by atoms with E-state index < -0.39 is 28.9 Å². The van der Waals surface area contributed by atoms with Gasteiger partial charge in [0.25, 0.3) is 5.56 Å². The van der Waals surface area contributed by atoms with Crippen LogP contribution in [0.5, 0.6) is 0 Å². The Hall–Kier alpha value is -2.09. The molecule has 27 heavy (non-hydrogen) atoms. The van der Waals surface area contributed by atoms with Crippen molar-refractivity contribution in [2.75, 3.05) is 0 Å². The zero-order valence-corrected chi connectivity index (χ0v) is 15.2. The molecule has 0 bridgehead atoms. The van der Waals surface area contributed by atoms with Gasteiger partial charge in [0.2, 0.25) is 0 Å². The number of nitrogens with zero attached hydrogens (tertiary/aromatic N) is 2. The van der Waals surface area contributed by atoms with E-state index in [0.29, 0.717) is 10.1 Å². The van der Waals surface area contributed by atoms with Crippen LogP contribution >= 0.6 is 11.6 Å². The Balaban J connectivity index is 2.21. The Bertz CT molecular complexity index is 989. The third-order valence-electron chi connectivity index (χ3n) is 4.96. The van der Waals surface area contributed by atoms with Gasteiger partial charge in [0.05, 0.1) is 5.69 Å². The summed E-state index contributed by atoms with van der Waals surface area (Å²) in [6, 6.07) is 2.60. The molecule has 0 atom stereocenters. The molecule has 3 rings (SSSR count). The monoisotopic (exact) mass is 404 g/mol. The first-order chi connectivity index (χ1) is 12.6. The quantitative estimate of drug-likeness (QED) is 0.696. The fourth-order valence-electron chi connectivity index (χ4n) is 3.57. The Labute approximate surface area is 157 Å².